The minimum absolute atomic E-state index is 0.111. The first-order chi connectivity index (χ1) is 12.9. The molecule has 10 heteroatoms. The average molecular weight is 400 g/mol. The highest BCUT2D eigenvalue weighted by Crippen LogP contribution is 2.19. The standard InChI is InChI=1S/C17H15F3N2O4S/c18-11-2-3-12(17(20)16(11)19)22-13(23)7-21-14(24)8-26-15(25)4-1-10-5-6-27-9-10/h2-3,5-6,9H,1,4,7-8H2,(H,21,24)(H,22,23). The summed E-state index contributed by atoms with van der Waals surface area (Å²) < 4.78 is 44.1. The Kier molecular flexibility index (Phi) is 7.35. The van der Waals surface area contributed by atoms with Crippen LogP contribution in [0.2, 0.25) is 0 Å². The number of rotatable bonds is 8. The van der Waals surface area contributed by atoms with E-state index >= 15 is 0 Å². The van der Waals surface area contributed by atoms with Gasteiger partial charge in [-0.2, -0.15) is 11.3 Å². The summed E-state index contributed by atoms with van der Waals surface area (Å²) in [5.41, 5.74) is 0.426. The smallest absolute Gasteiger partial charge is 0.306 e. The maximum absolute atomic E-state index is 13.4. The van der Waals surface area contributed by atoms with Crippen molar-refractivity contribution in [3.63, 3.8) is 0 Å². The van der Waals surface area contributed by atoms with Gasteiger partial charge in [0.2, 0.25) is 5.91 Å². The Morgan fingerprint density at radius 3 is 2.52 bits per heavy atom. The topological polar surface area (TPSA) is 84.5 Å². The Morgan fingerprint density at radius 2 is 1.81 bits per heavy atom. The number of esters is 1. The number of amides is 2. The minimum atomic E-state index is -1.72. The van der Waals surface area contributed by atoms with Gasteiger partial charge in [-0.05, 0) is 40.9 Å². The van der Waals surface area contributed by atoms with Gasteiger partial charge >= 0.3 is 5.97 Å². The van der Waals surface area contributed by atoms with Gasteiger partial charge in [0, 0.05) is 6.42 Å². The van der Waals surface area contributed by atoms with Crippen LogP contribution in [0.3, 0.4) is 0 Å². The molecule has 0 spiro atoms. The van der Waals surface area contributed by atoms with E-state index in [-0.39, 0.29) is 6.42 Å². The molecule has 1 aromatic carbocycles. The molecule has 27 heavy (non-hydrogen) atoms. The zero-order chi connectivity index (χ0) is 19.8. The van der Waals surface area contributed by atoms with Crippen molar-refractivity contribution in [2.45, 2.75) is 12.8 Å². The lowest BCUT2D eigenvalue weighted by Gasteiger charge is -2.09. The summed E-state index contributed by atoms with van der Waals surface area (Å²) in [7, 11) is 0. The average Bonchev–Trinajstić information content (AvgIpc) is 3.17. The molecule has 0 saturated heterocycles. The van der Waals surface area contributed by atoms with E-state index in [1.54, 1.807) is 0 Å². The Balaban J connectivity index is 1.68. The molecule has 0 radical (unpaired) electrons. The molecule has 1 aromatic heterocycles. The van der Waals surface area contributed by atoms with E-state index in [1.165, 1.54) is 11.3 Å². The van der Waals surface area contributed by atoms with E-state index in [2.05, 4.69) is 5.32 Å². The first-order valence-electron chi connectivity index (χ1n) is 7.73. The third kappa shape index (κ3) is 6.41. The van der Waals surface area contributed by atoms with Crippen LogP contribution in [0.5, 0.6) is 0 Å². The number of nitrogens with one attached hydrogen (secondary N) is 2. The molecular weight excluding hydrogens is 385 g/mol. The molecule has 0 fully saturated rings. The minimum Gasteiger partial charge on any atom is -0.456 e. The first-order valence-corrected chi connectivity index (χ1v) is 8.68. The molecule has 0 aliphatic carbocycles. The molecule has 0 aliphatic heterocycles. The zero-order valence-electron chi connectivity index (χ0n) is 13.9. The lowest BCUT2D eigenvalue weighted by Crippen LogP contribution is -2.35. The number of anilines is 1. The van der Waals surface area contributed by atoms with E-state index in [1.807, 2.05) is 22.1 Å². The van der Waals surface area contributed by atoms with Crippen LogP contribution < -0.4 is 10.6 Å². The summed E-state index contributed by atoms with van der Waals surface area (Å²) in [5.74, 6) is -6.82. The molecule has 2 amide bonds. The second-order valence-corrected chi connectivity index (χ2v) is 6.12. The highest BCUT2D eigenvalue weighted by molar-refractivity contribution is 7.07. The fourth-order valence-electron chi connectivity index (χ4n) is 1.95. The number of halogens is 3. The van der Waals surface area contributed by atoms with Crippen molar-refractivity contribution in [1.29, 1.82) is 0 Å². The first kappa shape index (κ1) is 20.4. The molecule has 144 valence electrons. The van der Waals surface area contributed by atoms with Crippen LogP contribution in [-0.4, -0.2) is 30.9 Å². The predicted molar refractivity (Wildman–Crippen MR) is 91.6 cm³/mol. The third-order valence-corrected chi connectivity index (χ3v) is 4.05. The van der Waals surface area contributed by atoms with Gasteiger partial charge in [0.1, 0.15) is 0 Å². The fourth-order valence-corrected chi connectivity index (χ4v) is 2.65. The molecular formula is C17H15F3N2O4S. The predicted octanol–water partition coefficient (Wildman–Crippen LogP) is 2.40. The lowest BCUT2D eigenvalue weighted by molar-refractivity contribution is -0.148. The van der Waals surface area contributed by atoms with Crippen molar-refractivity contribution in [2.75, 3.05) is 18.5 Å². The van der Waals surface area contributed by atoms with Crippen LogP contribution in [0.25, 0.3) is 0 Å². The van der Waals surface area contributed by atoms with Crippen molar-refractivity contribution in [1.82, 2.24) is 5.32 Å². The molecule has 0 aliphatic rings. The van der Waals surface area contributed by atoms with Gasteiger partial charge in [0.05, 0.1) is 12.2 Å². The van der Waals surface area contributed by atoms with Gasteiger partial charge in [0.15, 0.2) is 24.1 Å². The highest BCUT2D eigenvalue weighted by Gasteiger charge is 2.16. The Hall–Kier alpha value is -2.88. The maximum atomic E-state index is 13.4. The van der Waals surface area contributed by atoms with Gasteiger partial charge in [-0.1, -0.05) is 0 Å². The lowest BCUT2D eigenvalue weighted by atomic mass is 10.2. The van der Waals surface area contributed by atoms with E-state index in [4.69, 9.17) is 4.74 Å². The van der Waals surface area contributed by atoms with Crippen molar-refractivity contribution in [2.24, 2.45) is 0 Å². The van der Waals surface area contributed by atoms with E-state index in [0.717, 1.165) is 11.6 Å². The van der Waals surface area contributed by atoms with Gasteiger partial charge in [-0.15, -0.1) is 0 Å². The van der Waals surface area contributed by atoms with Gasteiger partial charge < -0.3 is 15.4 Å². The molecule has 0 saturated carbocycles. The number of ether oxygens (including phenoxy) is 1. The molecule has 2 aromatic rings. The quantitative estimate of drug-likeness (QED) is 0.527. The summed E-state index contributed by atoms with van der Waals surface area (Å²) in [6.07, 6.45) is 0.603. The Labute approximate surface area is 156 Å². The van der Waals surface area contributed by atoms with Crippen molar-refractivity contribution in [3.05, 3.63) is 52.0 Å². The summed E-state index contributed by atoms with van der Waals surface area (Å²) in [5, 5.41) is 7.93. The summed E-state index contributed by atoms with van der Waals surface area (Å²) in [6, 6.07) is 3.38. The van der Waals surface area contributed by atoms with Crippen LogP contribution in [0, 0.1) is 17.5 Å². The van der Waals surface area contributed by atoms with E-state index < -0.39 is 54.1 Å². The molecule has 0 unspecified atom stereocenters. The van der Waals surface area contributed by atoms with Crippen LogP contribution in [0.4, 0.5) is 18.9 Å². The summed E-state index contributed by atoms with van der Waals surface area (Å²) in [6.45, 7) is -1.14. The number of benzene rings is 1. The number of hydrogen-bond donors (Lipinski definition) is 2. The van der Waals surface area contributed by atoms with Crippen molar-refractivity contribution < 1.29 is 32.3 Å². The summed E-state index contributed by atoms with van der Waals surface area (Å²) in [4.78, 5) is 34.7. The second-order valence-electron chi connectivity index (χ2n) is 5.34. The number of aryl methyl sites for hydroxylation is 1. The van der Waals surface area contributed by atoms with E-state index in [0.29, 0.717) is 12.5 Å². The Bertz CT molecular complexity index is 828. The number of hydrogen-bond acceptors (Lipinski definition) is 5. The monoisotopic (exact) mass is 400 g/mol. The van der Waals surface area contributed by atoms with Gasteiger partial charge in [-0.3, -0.25) is 14.4 Å². The van der Waals surface area contributed by atoms with Gasteiger partial charge in [-0.25, -0.2) is 13.2 Å². The second kappa shape index (κ2) is 9.72. The van der Waals surface area contributed by atoms with Crippen LogP contribution in [-0.2, 0) is 25.5 Å². The summed E-state index contributed by atoms with van der Waals surface area (Å²) >= 11 is 1.50. The van der Waals surface area contributed by atoms with Crippen LogP contribution >= 0.6 is 11.3 Å². The highest BCUT2D eigenvalue weighted by atomic mass is 32.1. The van der Waals surface area contributed by atoms with Crippen LogP contribution in [0.1, 0.15) is 12.0 Å². The largest absolute Gasteiger partial charge is 0.456 e. The van der Waals surface area contributed by atoms with Crippen molar-refractivity contribution in [3.8, 4) is 0 Å². The molecule has 0 bridgehead atoms. The number of carbonyl (C=O) groups is 3. The normalized spacial score (nSPS) is 10.3. The molecule has 6 nitrogen and oxygen atoms in total. The van der Waals surface area contributed by atoms with Gasteiger partial charge in [0.25, 0.3) is 5.91 Å². The maximum Gasteiger partial charge on any atom is 0.306 e. The number of thiophene rings is 1. The van der Waals surface area contributed by atoms with E-state index in [9.17, 15) is 27.6 Å². The Morgan fingerprint density at radius 1 is 1.04 bits per heavy atom. The molecule has 0 atom stereocenters. The molecule has 1 heterocycles. The van der Waals surface area contributed by atoms with Crippen molar-refractivity contribution >= 4 is 34.8 Å². The molecule has 2 rings (SSSR count). The third-order valence-electron chi connectivity index (χ3n) is 3.32. The fraction of sp³-hybridized carbons (Fsp3) is 0.235. The zero-order valence-corrected chi connectivity index (χ0v) is 14.7. The number of carbonyl (C=O) groups excluding carboxylic acids is 3. The van der Waals surface area contributed by atoms with Crippen LogP contribution in [0.15, 0.2) is 29.0 Å². The molecule has 2 N–H and O–H groups in total. The SMILES string of the molecule is O=C(COC(=O)CCc1ccsc1)NCC(=O)Nc1ccc(F)c(F)c1F.